The van der Waals surface area contributed by atoms with Crippen LogP contribution in [0.25, 0.3) is 0 Å². The Kier molecular flexibility index (Phi) is 4.98. The van der Waals surface area contributed by atoms with Crippen molar-refractivity contribution in [2.45, 2.75) is 19.8 Å². The van der Waals surface area contributed by atoms with E-state index in [4.69, 9.17) is 9.47 Å². The number of hydrogen-bond donors (Lipinski definition) is 1. The summed E-state index contributed by atoms with van der Waals surface area (Å²) in [5.74, 6) is 3.34. The molecule has 1 fully saturated rings. The maximum absolute atomic E-state index is 5.32. The highest BCUT2D eigenvalue weighted by molar-refractivity contribution is 5.61. The Balaban J connectivity index is 1.77. The summed E-state index contributed by atoms with van der Waals surface area (Å²) in [6.45, 7) is 4.21. The fraction of sp³-hybridized carbons (Fsp3) is 0.471. The second-order valence-corrected chi connectivity index (χ2v) is 6.03. The Hall–Kier alpha value is -2.57. The molecular formula is C17H23N5O2. The van der Waals surface area contributed by atoms with Crippen LogP contribution >= 0.6 is 0 Å². The fourth-order valence-electron chi connectivity index (χ4n) is 2.92. The Bertz CT molecular complexity index is 694. The van der Waals surface area contributed by atoms with E-state index in [2.05, 4.69) is 32.3 Å². The first-order valence-corrected chi connectivity index (χ1v) is 8.13. The van der Waals surface area contributed by atoms with Crippen molar-refractivity contribution in [3.05, 3.63) is 24.4 Å². The van der Waals surface area contributed by atoms with E-state index in [1.165, 1.54) is 6.42 Å². The van der Waals surface area contributed by atoms with Gasteiger partial charge in [-0.3, -0.25) is 0 Å². The molecule has 1 aliphatic rings. The van der Waals surface area contributed by atoms with E-state index in [9.17, 15) is 0 Å². The number of piperidine rings is 1. The SMILES string of the molecule is COc1ccc(Nc2cnnc(N3CCCC(C)C3)n2)cc1OC. The summed E-state index contributed by atoms with van der Waals surface area (Å²) in [4.78, 5) is 6.79. The van der Waals surface area contributed by atoms with Gasteiger partial charge in [0, 0.05) is 24.8 Å². The summed E-state index contributed by atoms with van der Waals surface area (Å²) in [6, 6.07) is 5.62. The first kappa shape index (κ1) is 16.3. The Morgan fingerprint density at radius 3 is 2.79 bits per heavy atom. The van der Waals surface area contributed by atoms with Gasteiger partial charge in [-0.15, -0.1) is 5.10 Å². The number of benzene rings is 1. The molecule has 2 aromatic rings. The summed E-state index contributed by atoms with van der Waals surface area (Å²) in [5.41, 5.74) is 0.853. The van der Waals surface area contributed by atoms with Gasteiger partial charge in [0.1, 0.15) is 0 Å². The maximum Gasteiger partial charge on any atom is 0.247 e. The van der Waals surface area contributed by atoms with Crippen LogP contribution in [0.15, 0.2) is 24.4 Å². The minimum Gasteiger partial charge on any atom is -0.493 e. The van der Waals surface area contributed by atoms with Gasteiger partial charge in [-0.05, 0) is 30.9 Å². The molecule has 7 nitrogen and oxygen atoms in total. The van der Waals surface area contributed by atoms with Crippen LogP contribution in [0.2, 0.25) is 0 Å². The maximum atomic E-state index is 5.32. The third kappa shape index (κ3) is 3.67. The van der Waals surface area contributed by atoms with Crippen LogP contribution in [0.5, 0.6) is 11.5 Å². The topological polar surface area (TPSA) is 72.4 Å². The third-order valence-corrected chi connectivity index (χ3v) is 4.14. The number of methoxy groups -OCH3 is 2. The molecule has 1 saturated heterocycles. The zero-order valence-corrected chi connectivity index (χ0v) is 14.3. The summed E-state index contributed by atoms with van der Waals surface area (Å²) >= 11 is 0. The molecule has 1 N–H and O–H groups in total. The van der Waals surface area contributed by atoms with E-state index in [-0.39, 0.29) is 0 Å². The minimum absolute atomic E-state index is 0.657. The van der Waals surface area contributed by atoms with Crippen molar-refractivity contribution in [2.24, 2.45) is 5.92 Å². The second-order valence-electron chi connectivity index (χ2n) is 6.03. The van der Waals surface area contributed by atoms with Gasteiger partial charge in [0.05, 0.1) is 20.4 Å². The Morgan fingerprint density at radius 1 is 1.21 bits per heavy atom. The Labute approximate surface area is 142 Å². The minimum atomic E-state index is 0.657. The monoisotopic (exact) mass is 329 g/mol. The van der Waals surface area contributed by atoms with E-state index in [0.717, 1.165) is 25.2 Å². The first-order chi connectivity index (χ1) is 11.7. The lowest BCUT2D eigenvalue weighted by molar-refractivity contribution is 0.355. The highest BCUT2D eigenvalue weighted by Gasteiger charge is 2.19. The van der Waals surface area contributed by atoms with Crippen LogP contribution in [0.4, 0.5) is 17.5 Å². The van der Waals surface area contributed by atoms with Crippen molar-refractivity contribution in [2.75, 3.05) is 37.5 Å². The van der Waals surface area contributed by atoms with Crippen molar-refractivity contribution in [1.82, 2.24) is 15.2 Å². The van der Waals surface area contributed by atoms with Crippen LogP contribution in [0.3, 0.4) is 0 Å². The molecule has 3 rings (SSSR count). The zero-order valence-electron chi connectivity index (χ0n) is 14.3. The predicted molar refractivity (Wildman–Crippen MR) is 93.3 cm³/mol. The van der Waals surface area contributed by atoms with Crippen molar-refractivity contribution in [1.29, 1.82) is 0 Å². The lowest BCUT2D eigenvalue weighted by Crippen LogP contribution is -2.35. The molecule has 24 heavy (non-hydrogen) atoms. The number of ether oxygens (including phenoxy) is 2. The molecular weight excluding hydrogens is 306 g/mol. The van der Waals surface area contributed by atoms with E-state index < -0.39 is 0 Å². The molecule has 1 aromatic carbocycles. The van der Waals surface area contributed by atoms with E-state index in [1.807, 2.05) is 18.2 Å². The fourth-order valence-corrected chi connectivity index (χ4v) is 2.92. The molecule has 0 spiro atoms. The molecule has 1 unspecified atom stereocenters. The number of anilines is 3. The summed E-state index contributed by atoms with van der Waals surface area (Å²) < 4.78 is 10.6. The van der Waals surface area contributed by atoms with Crippen LogP contribution in [0, 0.1) is 5.92 Å². The molecule has 0 aliphatic carbocycles. The molecule has 7 heteroatoms. The zero-order chi connectivity index (χ0) is 16.9. The number of nitrogens with zero attached hydrogens (tertiary/aromatic N) is 4. The molecule has 1 atom stereocenters. The molecule has 0 saturated carbocycles. The molecule has 1 aliphatic heterocycles. The van der Waals surface area contributed by atoms with Crippen LogP contribution in [-0.4, -0.2) is 42.5 Å². The molecule has 2 heterocycles. The van der Waals surface area contributed by atoms with Gasteiger partial charge in [0.2, 0.25) is 5.95 Å². The average Bonchev–Trinajstić information content (AvgIpc) is 2.62. The molecule has 1 aromatic heterocycles. The predicted octanol–water partition coefficient (Wildman–Crippen LogP) is 2.87. The molecule has 0 radical (unpaired) electrons. The van der Waals surface area contributed by atoms with Crippen molar-refractivity contribution < 1.29 is 9.47 Å². The van der Waals surface area contributed by atoms with Crippen molar-refractivity contribution in [3.8, 4) is 11.5 Å². The molecule has 128 valence electrons. The molecule has 0 amide bonds. The standard InChI is InChI=1S/C17H23N5O2/c1-12-5-4-8-22(11-12)17-20-16(10-18-21-17)19-13-6-7-14(23-2)15(9-13)24-3/h6-7,9-10,12H,4-5,8,11H2,1-3H3,(H,19,20,21). The van der Waals surface area contributed by atoms with Gasteiger partial charge >= 0.3 is 0 Å². The lowest BCUT2D eigenvalue weighted by Gasteiger charge is -2.30. The number of hydrogen-bond acceptors (Lipinski definition) is 7. The Morgan fingerprint density at radius 2 is 2.04 bits per heavy atom. The second kappa shape index (κ2) is 7.33. The summed E-state index contributed by atoms with van der Waals surface area (Å²) in [7, 11) is 3.23. The summed E-state index contributed by atoms with van der Waals surface area (Å²) in [5, 5.41) is 11.5. The van der Waals surface area contributed by atoms with Gasteiger partial charge < -0.3 is 19.7 Å². The highest BCUT2D eigenvalue weighted by Crippen LogP contribution is 2.31. The van der Waals surface area contributed by atoms with Gasteiger partial charge in [-0.1, -0.05) is 6.92 Å². The van der Waals surface area contributed by atoms with Crippen LogP contribution in [0.1, 0.15) is 19.8 Å². The van der Waals surface area contributed by atoms with Crippen LogP contribution < -0.4 is 19.7 Å². The van der Waals surface area contributed by atoms with Crippen molar-refractivity contribution >= 4 is 17.5 Å². The molecule has 0 bridgehead atoms. The largest absolute Gasteiger partial charge is 0.493 e. The summed E-state index contributed by atoms with van der Waals surface area (Å²) in [6.07, 6.45) is 4.04. The van der Waals surface area contributed by atoms with Gasteiger partial charge in [-0.25, -0.2) is 0 Å². The highest BCUT2D eigenvalue weighted by atomic mass is 16.5. The van der Waals surface area contributed by atoms with Gasteiger partial charge in [-0.2, -0.15) is 10.1 Å². The normalized spacial score (nSPS) is 17.5. The van der Waals surface area contributed by atoms with Gasteiger partial charge in [0.15, 0.2) is 17.3 Å². The number of nitrogens with one attached hydrogen (secondary N) is 1. The quantitative estimate of drug-likeness (QED) is 0.904. The van der Waals surface area contributed by atoms with E-state index in [1.54, 1.807) is 20.4 Å². The number of rotatable bonds is 5. The van der Waals surface area contributed by atoms with Crippen LogP contribution in [-0.2, 0) is 0 Å². The van der Waals surface area contributed by atoms with E-state index >= 15 is 0 Å². The van der Waals surface area contributed by atoms with Gasteiger partial charge in [0.25, 0.3) is 0 Å². The van der Waals surface area contributed by atoms with E-state index in [0.29, 0.717) is 29.2 Å². The average molecular weight is 329 g/mol. The smallest absolute Gasteiger partial charge is 0.247 e. The number of aromatic nitrogens is 3. The van der Waals surface area contributed by atoms with Crippen molar-refractivity contribution in [3.63, 3.8) is 0 Å². The lowest BCUT2D eigenvalue weighted by atomic mass is 10.0. The third-order valence-electron chi connectivity index (χ3n) is 4.14. The first-order valence-electron chi connectivity index (χ1n) is 8.13.